The Kier molecular flexibility index (Phi) is 8.88. The molecule has 10 heteroatoms. The maximum absolute atomic E-state index is 10.7. The lowest BCUT2D eigenvalue weighted by Gasteiger charge is -2.41. The summed E-state index contributed by atoms with van der Waals surface area (Å²) in [5.74, 6) is 2.87. The van der Waals surface area contributed by atoms with E-state index < -0.39 is 0 Å². The van der Waals surface area contributed by atoms with Gasteiger partial charge in [-0.1, -0.05) is 12.1 Å². The quantitative estimate of drug-likeness (QED) is 0.293. The van der Waals surface area contributed by atoms with Crippen molar-refractivity contribution >= 4 is 17.5 Å². The number of fused-ring (bicyclic) bond motifs is 1. The number of benzene rings is 1. The zero-order chi connectivity index (χ0) is 29.0. The molecule has 4 fully saturated rings. The highest BCUT2D eigenvalue weighted by Crippen LogP contribution is 2.30. The van der Waals surface area contributed by atoms with Gasteiger partial charge in [0.05, 0.1) is 56.1 Å². The Morgan fingerprint density at radius 1 is 0.977 bits per heavy atom. The molecular formula is C33H43N5O5. The zero-order valence-electron chi connectivity index (χ0n) is 24.9. The molecule has 7 rings (SSSR count). The van der Waals surface area contributed by atoms with Crippen LogP contribution >= 0.6 is 0 Å². The molecule has 4 aliphatic rings. The van der Waals surface area contributed by atoms with E-state index in [2.05, 4.69) is 32.6 Å². The maximum Gasteiger partial charge on any atom is 0.293 e. The first-order valence-corrected chi connectivity index (χ1v) is 16.0. The lowest BCUT2D eigenvalue weighted by molar-refractivity contribution is -0.129. The van der Waals surface area contributed by atoms with Crippen LogP contribution in [0.5, 0.6) is 5.88 Å². The average molecular weight is 590 g/mol. The van der Waals surface area contributed by atoms with E-state index in [-0.39, 0.29) is 12.7 Å². The van der Waals surface area contributed by atoms with Crippen LogP contribution in [0.15, 0.2) is 36.4 Å². The number of aromatic nitrogens is 3. The van der Waals surface area contributed by atoms with E-state index in [0.29, 0.717) is 24.3 Å². The number of carbonyl (C=O) groups excluding carboxylic acids is 1. The van der Waals surface area contributed by atoms with Gasteiger partial charge >= 0.3 is 0 Å². The number of nitrogens with zero attached hydrogens (tertiary/aromatic N) is 5. The first-order chi connectivity index (χ1) is 21.2. The van der Waals surface area contributed by atoms with Gasteiger partial charge in [0.1, 0.15) is 12.4 Å². The molecule has 0 amide bonds. The molecule has 43 heavy (non-hydrogen) atoms. The molecule has 0 radical (unpaired) electrons. The third-order valence-electron chi connectivity index (χ3n) is 9.76. The van der Waals surface area contributed by atoms with Gasteiger partial charge in [-0.2, -0.15) is 0 Å². The number of imidazole rings is 1. The van der Waals surface area contributed by atoms with E-state index in [1.165, 1.54) is 12.8 Å². The van der Waals surface area contributed by atoms with Gasteiger partial charge in [0.25, 0.3) is 6.47 Å². The Hall–Kier alpha value is -3.05. The van der Waals surface area contributed by atoms with Crippen molar-refractivity contribution in [3.8, 4) is 5.88 Å². The Bertz CT molecular complexity index is 1370. The second-order valence-electron chi connectivity index (χ2n) is 12.6. The first kappa shape index (κ1) is 28.7. The van der Waals surface area contributed by atoms with Crippen molar-refractivity contribution in [2.75, 3.05) is 52.6 Å². The van der Waals surface area contributed by atoms with Gasteiger partial charge < -0.3 is 23.5 Å². The van der Waals surface area contributed by atoms with Crippen molar-refractivity contribution in [1.82, 2.24) is 24.3 Å². The van der Waals surface area contributed by atoms with Crippen LogP contribution < -0.4 is 4.74 Å². The van der Waals surface area contributed by atoms with E-state index in [1.54, 1.807) is 0 Å². The summed E-state index contributed by atoms with van der Waals surface area (Å²) >= 11 is 0. The van der Waals surface area contributed by atoms with Crippen LogP contribution in [0.1, 0.15) is 55.1 Å². The zero-order valence-corrected chi connectivity index (χ0v) is 24.9. The summed E-state index contributed by atoms with van der Waals surface area (Å²) in [5.41, 5.74) is 4.16. The van der Waals surface area contributed by atoms with Crippen molar-refractivity contribution in [2.24, 2.45) is 5.92 Å². The van der Waals surface area contributed by atoms with Gasteiger partial charge in [0.15, 0.2) is 0 Å². The fourth-order valence-electron chi connectivity index (χ4n) is 6.84. The Balaban J connectivity index is 0.939. The highest BCUT2D eigenvalue weighted by Gasteiger charge is 2.30. The molecule has 0 N–H and O–H groups in total. The fraction of sp³-hybridized carbons (Fsp3) is 0.606. The van der Waals surface area contributed by atoms with Gasteiger partial charge in [0, 0.05) is 24.3 Å². The average Bonchev–Trinajstić information content (AvgIpc) is 3.33. The van der Waals surface area contributed by atoms with E-state index >= 15 is 0 Å². The van der Waals surface area contributed by atoms with Gasteiger partial charge in [0.2, 0.25) is 5.88 Å². The van der Waals surface area contributed by atoms with Crippen LogP contribution in [-0.2, 0) is 38.7 Å². The number of hydrogen-bond donors (Lipinski definition) is 0. The molecule has 2 aromatic heterocycles. The number of rotatable bonds is 12. The third kappa shape index (κ3) is 6.72. The van der Waals surface area contributed by atoms with E-state index in [9.17, 15) is 4.79 Å². The lowest BCUT2D eigenvalue weighted by atomic mass is 9.93. The monoisotopic (exact) mass is 589 g/mol. The van der Waals surface area contributed by atoms with Crippen molar-refractivity contribution in [3.05, 3.63) is 53.5 Å². The highest BCUT2D eigenvalue weighted by atomic mass is 16.5. The highest BCUT2D eigenvalue weighted by molar-refractivity contribution is 5.77. The number of pyridine rings is 1. The molecule has 0 unspecified atom stereocenters. The lowest BCUT2D eigenvalue weighted by Crippen LogP contribution is -2.52. The van der Waals surface area contributed by atoms with Crippen LogP contribution in [-0.4, -0.2) is 95.6 Å². The van der Waals surface area contributed by atoms with Crippen LogP contribution in [0.25, 0.3) is 11.0 Å². The largest absolute Gasteiger partial charge is 0.477 e. The van der Waals surface area contributed by atoms with Crippen molar-refractivity contribution in [2.45, 2.75) is 69.9 Å². The Morgan fingerprint density at radius 2 is 1.81 bits per heavy atom. The molecule has 0 saturated carbocycles. The summed E-state index contributed by atoms with van der Waals surface area (Å²) in [6.45, 7) is 10.0. The van der Waals surface area contributed by atoms with Crippen molar-refractivity contribution in [3.63, 3.8) is 0 Å². The molecule has 3 aromatic rings. The standard InChI is InChI=1S/C33H43N5O5/c39-23-41-19-25-4-5-30-31(16-25)38(17-28-10-15-42-28)32(34-30)18-36-11-8-26(9-12-36)29-2-1-3-33(35-29)43-20-24-6-13-37(14-7-24)27-21-40-22-27/h1-5,16,23-24,26-28H,6-15,17-22H2/t28-/m0/s1. The summed E-state index contributed by atoms with van der Waals surface area (Å²) in [5, 5.41) is 0. The maximum atomic E-state index is 10.7. The van der Waals surface area contributed by atoms with Gasteiger partial charge in [-0.15, -0.1) is 0 Å². The second-order valence-corrected chi connectivity index (χ2v) is 12.6. The van der Waals surface area contributed by atoms with Crippen LogP contribution in [0.3, 0.4) is 0 Å². The number of piperidine rings is 2. The summed E-state index contributed by atoms with van der Waals surface area (Å²) in [4.78, 5) is 25.8. The molecule has 230 valence electrons. The molecule has 4 saturated heterocycles. The van der Waals surface area contributed by atoms with E-state index in [1.807, 2.05) is 18.2 Å². The summed E-state index contributed by atoms with van der Waals surface area (Å²) in [6, 6.07) is 13.0. The molecule has 4 aliphatic heterocycles. The number of likely N-dealkylation sites (tertiary alicyclic amines) is 2. The normalized spacial score (nSPS) is 22.7. The predicted molar refractivity (Wildman–Crippen MR) is 161 cm³/mol. The molecular weight excluding hydrogens is 546 g/mol. The number of ether oxygens (including phenoxy) is 4. The van der Waals surface area contributed by atoms with E-state index in [4.69, 9.17) is 28.9 Å². The van der Waals surface area contributed by atoms with Crippen molar-refractivity contribution < 1.29 is 23.7 Å². The molecule has 0 aliphatic carbocycles. The molecule has 0 spiro atoms. The minimum Gasteiger partial charge on any atom is -0.477 e. The molecule has 0 bridgehead atoms. The SMILES string of the molecule is O=COCc1ccc2nc(CN3CCC(c4cccc(OCC5CCN(C6COC6)CC5)n4)CC3)n(C[C@@H]3CCO3)c2c1. The first-order valence-electron chi connectivity index (χ1n) is 16.0. The molecule has 1 atom stereocenters. The summed E-state index contributed by atoms with van der Waals surface area (Å²) < 4.78 is 24.7. The predicted octanol–water partition coefficient (Wildman–Crippen LogP) is 3.76. The topological polar surface area (TPSA) is 91.2 Å². The fourth-order valence-corrected chi connectivity index (χ4v) is 6.84. The van der Waals surface area contributed by atoms with Crippen molar-refractivity contribution in [1.29, 1.82) is 0 Å². The van der Waals surface area contributed by atoms with Gasteiger partial charge in [-0.05, 0) is 88.0 Å². The third-order valence-corrected chi connectivity index (χ3v) is 9.76. The number of hydrogen-bond acceptors (Lipinski definition) is 9. The second kappa shape index (κ2) is 13.3. The Labute approximate surface area is 253 Å². The molecule has 1 aromatic carbocycles. The van der Waals surface area contributed by atoms with E-state index in [0.717, 1.165) is 119 Å². The minimum absolute atomic E-state index is 0.229. The summed E-state index contributed by atoms with van der Waals surface area (Å²) in [7, 11) is 0. The molecule has 10 nitrogen and oxygen atoms in total. The number of carbonyl (C=O) groups is 1. The minimum atomic E-state index is 0.229. The Morgan fingerprint density at radius 3 is 2.53 bits per heavy atom. The molecule has 6 heterocycles. The van der Waals surface area contributed by atoms with Crippen LogP contribution in [0.4, 0.5) is 0 Å². The smallest absolute Gasteiger partial charge is 0.293 e. The van der Waals surface area contributed by atoms with Crippen LogP contribution in [0, 0.1) is 5.92 Å². The van der Waals surface area contributed by atoms with Gasteiger partial charge in [-0.25, -0.2) is 9.97 Å². The van der Waals surface area contributed by atoms with Gasteiger partial charge in [-0.3, -0.25) is 14.6 Å². The van der Waals surface area contributed by atoms with Crippen LogP contribution in [0.2, 0.25) is 0 Å². The summed E-state index contributed by atoms with van der Waals surface area (Å²) in [6.07, 6.45) is 5.81.